The number of ether oxygens (including phenoxy) is 1. The molecule has 0 aromatic carbocycles. The van der Waals surface area contributed by atoms with Crippen LogP contribution in [0.2, 0.25) is 0 Å². The number of fused-ring (bicyclic) bond motifs is 1. The van der Waals surface area contributed by atoms with Crippen LogP contribution in [0.4, 0.5) is 0 Å². The maximum atomic E-state index is 5.96. The molecule has 0 spiro atoms. The first-order chi connectivity index (χ1) is 8.61. The van der Waals surface area contributed by atoms with Gasteiger partial charge in [-0.25, -0.2) is 0 Å². The molecule has 18 heavy (non-hydrogen) atoms. The van der Waals surface area contributed by atoms with Crippen molar-refractivity contribution < 1.29 is 4.74 Å². The van der Waals surface area contributed by atoms with E-state index in [9.17, 15) is 0 Å². The van der Waals surface area contributed by atoms with Crippen molar-refractivity contribution >= 4 is 0 Å². The van der Waals surface area contributed by atoms with E-state index in [1.54, 1.807) is 0 Å². The average Bonchev–Trinajstić information content (AvgIpc) is 2.28. The SMILES string of the molecule is CC(C)c1nccc2c1C(C(C)C)CCCCO2. The number of hydrogen-bond acceptors (Lipinski definition) is 2. The predicted molar refractivity (Wildman–Crippen MR) is 75.3 cm³/mol. The fourth-order valence-corrected chi connectivity index (χ4v) is 2.89. The lowest BCUT2D eigenvalue weighted by atomic mass is 9.81. The Balaban J connectivity index is 2.51. The molecule has 100 valence electrons. The highest BCUT2D eigenvalue weighted by Gasteiger charge is 2.26. The van der Waals surface area contributed by atoms with Gasteiger partial charge in [0, 0.05) is 11.8 Å². The second-order valence-corrected chi connectivity index (χ2v) is 5.96. The number of rotatable bonds is 2. The van der Waals surface area contributed by atoms with Gasteiger partial charge in [0.1, 0.15) is 5.75 Å². The Kier molecular flexibility index (Phi) is 4.26. The summed E-state index contributed by atoms with van der Waals surface area (Å²) in [5.74, 6) is 2.77. The largest absolute Gasteiger partial charge is 0.493 e. The number of nitrogens with zero attached hydrogens (tertiary/aromatic N) is 1. The topological polar surface area (TPSA) is 22.1 Å². The van der Waals surface area contributed by atoms with E-state index in [1.165, 1.54) is 30.5 Å². The van der Waals surface area contributed by atoms with Gasteiger partial charge in [-0.3, -0.25) is 4.98 Å². The molecule has 1 aromatic heterocycles. The summed E-state index contributed by atoms with van der Waals surface area (Å²) in [5.41, 5.74) is 2.61. The molecule has 2 heterocycles. The van der Waals surface area contributed by atoms with Crippen molar-refractivity contribution in [3.8, 4) is 5.75 Å². The Morgan fingerprint density at radius 1 is 1.22 bits per heavy atom. The summed E-state index contributed by atoms with van der Waals surface area (Å²) in [6, 6.07) is 2.04. The van der Waals surface area contributed by atoms with Crippen LogP contribution in [-0.2, 0) is 0 Å². The van der Waals surface area contributed by atoms with Gasteiger partial charge in [-0.2, -0.15) is 0 Å². The van der Waals surface area contributed by atoms with Crippen LogP contribution in [0.15, 0.2) is 12.3 Å². The van der Waals surface area contributed by atoms with E-state index in [2.05, 4.69) is 32.7 Å². The van der Waals surface area contributed by atoms with E-state index >= 15 is 0 Å². The Morgan fingerprint density at radius 2 is 2.00 bits per heavy atom. The molecular formula is C16H25NO. The van der Waals surface area contributed by atoms with Gasteiger partial charge in [-0.05, 0) is 43.1 Å². The molecule has 2 rings (SSSR count). The molecule has 1 aliphatic rings. The van der Waals surface area contributed by atoms with Gasteiger partial charge in [0.25, 0.3) is 0 Å². The maximum absolute atomic E-state index is 5.96. The summed E-state index contributed by atoms with van der Waals surface area (Å²) in [5, 5.41) is 0. The van der Waals surface area contributed by atoms with Crippen molar-refractivity contribution in [2.45, 2.75) is 58.8 Å². The zero-order chi connectivity index (χ0) is 13.1. The highest BCUT2D eigenvalue weighted by molar-refractivity contribution is 5.41. The zero-order valence-electron chi connectivity index (χ0n) is 12.1. The van der Waals surface area contributed by atoms with E-state index < -0.39 is 0 Å². The van der Waals surface area contributed by atoms with Crippen LogP contribution in [0.5, 0.6) is 5.75 Å². The molecule has 2 heteroatoms. The van der Waals surface area contributed by atoms with E-state index in [1.807, 2.05) is 12.3 Å². The molecule has 0 fully saturated rings. The summed E-state index contributed by atoms with van der Waals surface area (Å²) >= 11 is 0. The highest BCUT2D eigenvalue weighted by Crippen LogP contribution is 2.40. The van der Waals surface area contributed by atoms with Gasteiger partial charge in [0.2, 0.25) is 0 Å². The minimum atomic E-state index is 0.462. The molecule has 0 N–H and O–H groups in total. The lowest BCUT2D eigenvalue weighted by Crippen LogP contribution is -2.16. The second-order valence-electron chi connectivity index (χ2n) is 5.96. The summed E-state index contributed by atoms with van der Waals surface area (Å²) in [6.45, 7) is 9.91. The maximum Gasteiger partial charge on any atom is 0.126 e. The van der Waals surface area contributed by atoms with Crippen LogP contribution >= 0.6 is 0 Å². The van der Waals surface area contributed by atoms with Gasteiger partial charge in [-0.1, -0.05) is 27.7 Å². The average molecular weight is 247 g/mol. The highest BCUT2D eigenvalue weighted by atomic mass is 16.5. The van der Waals surface area contributed by atoms with Crippen LogP contribution in [-0.4, -0.2) is 11.6 Å². The van der Waals surface area contributed by atoms with Crippen LogP contribution in [0, 0.1) is 5.92 Å². The predicted octanol–water partition coefficient (Wildman–Crippen LogP) is 4.51. The Morgan fingerprint density at radius 3 is 2.67 bits per heavy atom. The first-order valence-corrected chi connectivity index (χ1v) is 7.22. The molecule has 0 saturated heterocycles. The zero-order valence-corrected chi connectivity index (χ0v) is 12.1. The van der Waals surface area contributed by atoms with Crippen molar-refractivity contribution in [3.63, 3.8) is 0 Å². The fraction of sp³-hybridized carbons (Fsp3) is 0.688. The third-order valence-corrected chi connectivity index (χ3v) is 3.87. The Labute approximate surface area is 111 Å². The van der Waals surface area contributed by atoms with Crippen LogP contribution in [0.25, 0.3) is 0 Å². The minimum Gasteiger partial charge on any atom is -0.493 e. The molecular weight excluding hydrogens is 222 g/mol. The molecule has 0 amide bonds. The van der Waals surface area contributed by atoms with E-state index in [-0.39, 0.29) is 0 Å². The quantitative estimate of drug-likeness (QED) is 0.767. The van der Waals surface area contributed by atoms with Crippen molar-refractivity contribution in [1.29, 1.82) is 0 Å². The van der Waals surface area contributed by atoms with E-state index in [0.717, 1.165) is 12.4 Å². The fourth-order valence-electron chi connectivity index (χ4n) is 2.89. The first kappa shape index (κ1) is 13.4. The molecule has 1 unspecified atom stereocenters. The van der Waals surface area contributed by atoms with E-state index in [4.69, 9.17) is 4.74 Å². The molecule has 1 atom stereocenters. The van der Waals surface area contributed by atoms with Gasteiger partial charge in [0.15, 0.2) is 0 Å². The lowest BCUT2D eigenvalue weighted by Gasteiger charge is -2.29. The monoisotopic (exact) mass is 247 g/mol. The number of hydrogen-bond donors (Lipinski definition) is 0. The third-order valence-electron chi connectivity index (χ3n) is 3.87. The smallest absolute Gasteiger partial charge is 0.126 e. The second kappa shape index (κ2) is 5.73. The lowest BCUT2D eigenvalue weighted by molar-refractivity contribution is 0.274. The summed E-state index contributed by atoms with van der Waals surface area (Å²) in [7, 11) is 0. The van der Waals surface area contributed by atoms with Gasteiger partial charge < -0.3 is 4.74 Å². The normalized spacial score (nSPS) is 20.2. The van der Waals surface area contributed by atoms with Crippen LogP contribution in [0.3, 0.4) is 0 Å². The Hall–Kier alpha value is -1.05. The first-order valence-electron chi connectivity index (χ1n) is 7.22. The molecule has 0 saturated carbocycles. The summed E-state index contributed by atoms with van der Waals surface area (Å²) < 4.78 is 5.96. The van der Waals surface area contributed by atoms with Crippen molar-refractivity contribution in [2.75, 3.05) is 6.61 Å². The van der Waals surface area contributed by atoms with Gasteiger partial charge in [-0.15, -0.1) is 0 Å². The van der Waals surface area contributed by atoms with Crippen molar-refractivity contribution in [1.82, 2.24) is 4.98 Å². The summed E-state index contributed by atoms with van der Waals surface area (Å²) in [6.07, 6.45) is 5.59. The molecule has 1 aliphatic heterocycles. The number of aromatic nitrogens is 1. The summed E-state index contributed by atoms with van der Waals surface area (Å²) in [4.78, 5) is 4.62. The number of pyridine rings is 1. The molecule has 0 aliphatic carbocycles. The van der Waals surface area contributed by atoms with Gasteiger partial charge in [0.05, 0.1) is 12.3 Å². The standard InChI is InChI=1S/C16H25NO/c1-11(2)13-7-5-6-10-18-14-8-9-17-16(12(3)4)15(13)14/h8-9,11-13H,5-7,10H2,1-4H3. The van der Waals surface area contributed by atoms with E-state index in [0.29, 0.717) is 17.8 Å². The molecule has 2 nitrogen and oxygen atoms in total. The van der Waals surface area contributed by atoms with Crippen molar-refractivity contribution in [3.05, 3.63) is 23.5 Å². The van der Waals surface area contributed by atoms with Crippen LogP contribution < -0.4 is 4.74 Å². The minimum absolute atomic E-state index is 0.462. The molecule has 0 radical (unpaired) electrons. The Bertz CT molecular complexity index is 398. The van der Waals surface area contributed by atoms with Crippen molar-refractivity contribution in [2.24, 2.45) is 5.92 Å². The molecule has 0 bridgehead atoms. The third kappa shape index (κ3) is 2.68. The van der Waals surface area contributed by atoms with Gasteiger partial charge >= 0.3 is 0 Å². The van der Waals surface area contributed by atoms with Crippen LogP contribution in [0.1, 0.15) is 70.1 Å². The molecule has 1 aromatic rings.